The minimum atomic E-state index is 0.705. The first-order valence-corrected chi connectivity index (χ1v) is 4.55. The number of nitrogens with two attached hydrogens (primary N) is 1. The molecule has 1 aromatic heterocycles. The number of hydrogen-bond donors (Lipinski definition) is 1. The molecule has 0 radical (unpaired) electrons. The molecule has 0 aliphatic rings. The summed E-state index contributed by atoms with van der Waals surface area (Å²) in [6.45, 7) is 2.70. The number of imidazole rings is 1. The second kappa shape index (κ2) is 3.78. The Morgan fingerprint density at radius 1 is 1.73 bits per heavy atom. The quantitative estimate of drug-likeness (QED) is 0.683. The van der Waals surface area contributed by atoms with E-state index in [1.165, 1.54) is 0 Å². The van der Waals surface area contributed by atoms with Crippen molar-refractivity contribution in [3.63, 3.8) is 0 Å². The van der Waals surface area contributed by atoms with Crippen molar-refractivity contribution in [1.82, 2.24) is 9.55 Å². The van der Waals surface area contributed by atoms with Gasteiger partial charge in [0.1, 0.15) is 0 Å². The lowest BCUT2D eigenvalue weighted by Gasteiger charge is -1.97. The summed E-state index contributed by atoms with van der Waals surface area (Å²) in [5, 5.41) is 1.05. The molecular formula is C7H13N3S. The average Bonchev–Trinajstić information content (AvgIpc) is 2.26. The number of aryl methyl sites for hydroxylation is 2. The molecule has 0 saturated carbocycles. The molecule has 0 spiro atoms. The van der Waals surface area contributed by atoms with Crippen molar-refractivity contribution in [3.8, 4) is 0 Å². The van der Waals surface area contributed by atoms with Crippen molar-refractivity contribution in [2.24, 2.45) is 12.8 Å². The van der Waals surface area contributed by atoms with Crippen LogP contribution >= 0.6 is 11.8 Å². The molecule has 1 rings (SSSR count). The van der Waals surface area contributed by atoms with Crippen LogP contribution in [0.2, 0.25) is 0 Å². The van der Waals surface area contributed by atoms with Crippen LogP contribution in [0.5, 0.6) is 0 Å². The second-order valence-electron chi connectivity index (χ2n) is 2.41. The molecule has 0 bridgehead atoms. The van der Waals surface area contributed by atoms with Crippen LogP contribution in [0.1, 0.15) is 5.69 Å². The molecule has 0 saturated heterocycles. The predicted octanol–water partition coefficient (Wildman–Crippen LogP) is 0.779. The Morgan fingerprint density at radius 3 is 2.91 bits per heavy atom. The van der Waals surface area contributed by atoms with E-state index < -0.39 is 0 Å². The number of nitrogens with zero attached hydrogens (tertiary/aromatic N) is 2. The lowest BCUT2D eigenvalue weighted by Crippen LogP contribution is -2.02. The average molecular weight is 171 g/mol. The molecule has 62 valence electrons. The van der Waals surface area contributed by atoms with E-state index in [1.54, 1.807) is 11.8 Å². The maximum absolute atomic E-state index is 5.38. The van der Waals surface area contributed by atoms with Gasteiger partial charge >= 0.3 is 0 Å². The number of thioether (sulfide) groups is 1. The fraction of sp³-hybridized carbons (Fsp3) is 0.571. The standard InChI is InChI=1S/C7H13N3S/c1-6-5-10(2)7(9-6)11-4-3-8/h5H,3-4,8H2,1-2H3. The Balaban J connectivity index is 2.62. The van der Waals surface area contributed by atoms with Crippen LogP contribution in [0.3, 0.4) is 0 Å². The van der Waals surface area contributed by atoms with Gasteiger partial charge in [-0.3, -0.25) is 0 Å². The summed E-state index contributed by atoms with van der Waals surface area (Å²) in [4.78, 5) is 4.32. The van der Waals surface area contributed by atoms with E-state index in [0.29, 0.717) is 6.54 Å². The molecule has 0 aliphatic carbocycles. The van der Waals surface area contributed by atoms with Gasteiger partial charge in [0.25, 0.3) is 0 Å². The molecule has 0 aliphatic heterocycles. The highest BCUT2D eigenvalue weighted by atomic mass is 32.2. The van der Waals surface area contributed by atoms with Crippen molar-refractivity contribution >= 4 is 11.8 Å². The molecule has 3 nitrogen and oxygen atoms in total. The Labute approximate surface area is 71.0 Å². The fourth-order valence-electron chi connectivity index (χ4n) is 0.878. The van der Waals surface area contributed by atoms with Crippen molar-refractivity contribution in [3.05, 3.63) is 11.9 Å². The van der Waals surface area contributed by atoms with Crippen LogP contribution in [0.15, 0.2) is 11.4 Å². The van der Waals surface area contributed by atoms with E-state index in [0.717, 1.165) is 16.6 Å². The molecule has 1 heterocycles. The first kappa shape index (κ1) is 8.62. The zero-order valence-electron chi connectivity index (χ0n) is 6.87. The smallest absolute Gasteiger partial charge is 0.167 e. The minimum absolute atomic E-state index is 0.705. The summed E-state index contributed by atoms with van der Waals surface area (Å²) in [6.07, 6.45) is 2.01. The third-order valence-electron chi connectivity index (χ3n) is 1.30. The van der Waals surface area contributed by atoms with E-state index in [4.69, 9.17) is 5.73 Å². The minimum Gasteiger partial charge on any atom is -0.330 e. The van der Waals surface area contributed by atoms with Gasteiger partial charge in [-0.05, 0) is 6.92 Å². The molecular weight excluding hydrogens is 158 g/mol. The first-order chi connectivity index (χ1) is 5.24. The number of aromatic nitrogens is 2. The van der Waals surface area contributed by atoms with Crippen molar-refractivity contribution in [2.45, 2.75) is 12.1 Å². The summed E-state index contributed by atoms with van der Waals surface area (Å²) >= 11 is 1.69. The molecule has 4 heteroatoms. The maximum atomic E-state index is 5.38. The monoisotopic (exact) mass is 171 g/mol. The van der Waals surface area contributed by atoms with Crippen LogP contribution < -0.4 is 5.73 Å². The first-order valence-electron chi connectivity index (χ1n) is 3.57. The third kappa shape index (κ3) is 2.24. The third-order valence-corrected chi connectivity index (χ3v) is 2.38. The van der Waals surface area contributed by atoms with Gasteiger partial charge in [0.2, 0.25) is 0 Å². The van der Waals surface area contributed by atoms with E-state index in [1.807, 2.05) is 24.7 Å². The highest BCUT2D eigenvalue weighted by molar-refractivity contribution is 7.99. The van der Waals surface area contributed by atoms with Gasteiger partial charge in [-0.15, -0.1) is 0 Å². The van der Waals surface area contributed by atoms with E-state index in [2.05, 4.69) is 4.98 Å². The molecule has 0 amide bonds. The van der Waals surface area contributed by atoms with Gasteiger partial charge in [-0.25, -0.2) is 4.98 Å². The molecule has 0 atom stereocenters. The SMILES string of the molecule is Cc1cn(C)c(SCCN)n1. The van der Waals surface area contributed by atoms with Gasteiger partial charge in [0, 0.05) is 25.5 Å². The highest BCUT2D eigenvalue weighted by Gasteiger charge is 2.00. The van der Waals surface area contributed by atoms with Crippen LogP contribution in [-0.4, -0.2) is 21.8 Å². The zero-order valence-corrected chi connectivity index (χ0v) is 7.69. The summed E-state index contributed by atoms with van der Waals surface area (Å²) in [5.41, 5.74) is 6.44. The van der Waals surface area contributed by atoms with Gasteiger partial charge in [0.15, 0.2) is 5.16 Å². The molecule has 2 N–H and O–H groups in total. The Morgan fingerprint density at radius 2 is 2.45 bits per heavy atom. The van der Waals surface area contributed by atoms with E-state index >= 15 is 0 Å². The maximum Gasteiger partial charge on any atom is 0.167 e. The van der Waals surface area contributed by atoms with E-state index in [-0.39, 0.29) is 0 Å². The van der Waals surface area contributed by atoms with Gasteiger partial charge < -0.3 is 10.3 Å². The normalized spacial score (nSPS) is 10.5. The molecule has 0 fully saturated rings. The van der Waals surface area contributed by atoms with Gasteiger partial charge in [-0.2, -0.15) is 0 Å². The Hall–Kier alpha value is -0.480. The fourth-order valence-corrected chi connectivity index (χ4v) is 1.64. The summed E-state index contributed by atoms with van der Waals surface area (Å²) in [7, 11) is 2.00. The number of rotatable bonds is 3. The summed E-state index contributed by atoms with van der Waals surface area (Å²) in [6, 6.07) is 0. The topological polar surface area (TPSA) is 43.8 Å². The van der Waals surface area contributed by atoms with Crippen LogP contribution in [0, 0.1) is 6.92 Å². The summed E-state index contributed by atoms with van der Waals surface area (Å²) in [5.74, 6) is 0.935. The Bertz CT molecular complexity index is 232. The molecule has 1 aromatic rings. The van der Waals surface area contributed by atoms with Crippen molar-refractivity contribution < 1.29 is 0 Å². The van der Waals surface area contributed by atoms with Crippen molar-refractivity contribution in [1.29, 1.82) is 0 Å². The molecule has 0 unspecified atom stereocenters. The van der Waals surface area contributed by atoms with Crippen LogP contribution in [0.4, 0.5) is 0 Å². The largest absolute Gasteiger partial charge is 0.330 e. The lowest BCUT2D eigenvalue weighted by molar-refractivity contribution is 0.789. The Kier molecular flexibility index (Phi) is 2.96. The number of hydrogen-bond acceptors (Lipinski definition) is 3. The zero-order chi connectivity index (χ0) is 8.27. The van der Waals surface area contributed by atoms with Crippen LogP contribution in [-0.2, 0) is 7.05 Å². The molecule has 11 heavy (non-hydrogen) atoms. The van der Waals surface area contributed by atoms with Gasteiger partial charge in [-0.1, -0.05) is 11.8 Å². The van der Waals surface area contributed by atoms with Gasteiger partial charge in [0.05, 0.1) is 5.69 Å². The highest BCUT2D eigenvalue weighted by Crippen LogP contribution is 2.14. The van der Waals surface area contributed by atoms with Crippen molar-refractivity contribution in [2.75, 3.05) is 12.3 Å². The van der Waals surface area contributed by atoms with Crippen LogP contribution in [0.25, 0.3) is 0 Å². The molecule has 0 aromatic carbocycles. The summed E-state index contributed by atoms with van der Waals surface area (Å²) < 4.78 is 2.02. The van der Waals surface area contributed by atoms with E-state index in [9.17, 15) is 0 Å². The second-order valence-corrected chi connectivity index (χ2v) is 3.47. The lowest BCUT2D eigenvalue weighted by atomic mass is 10.6. The predicted molar refractivity (Wildman–Crippen MR) is 47.7 cm³/mol.